The minimum absolute atomic E-state index is 0.147. The smallest absolute Gasteiger partial charge is 0.252 e. The van der Waals surface area contributed by atoms with Crippen molar-refractivity contribution in [1.82, 2.24) is 0 Å². The third-order valence-corrected chi connectivity index (χ3v) is 3.75. The summed E-state index contributed by atoms with van der Waals surface area (Å²) < 4.78 is 5.06. The first-order valence-corrected chi connectivity index (χ1v) is 7.18. The van der Waals surface area contributed by atoms with Crippen molar-refractivity contribution in [3.63, 3.8) is 0 Å². The zero-order valence-electron chi connectivity index (χ0n) is 13.4. The predicted molar refractivity (Wildman–Crippen MR) is 89.5 cm³/mol. The number of nitrogens with zero attached hydrogens (tertiary/aromatic N) is 1. The SMILES string of the molecule is COc1ccc(NC(=O)[C@@](C)(C#N)c2ccccc2)cc1C(N)=O. The molecule has 24 heavy (non-hydrogen) atoms. The van der Waals surface area contributed by atoms with Gasteiger partial charge in [0.05, 0.1) is 18.7 Å². The summed E-state index contributed by atoms with van der Waals surface area (Å²) in [7, 11) is 1.42. The van der Waals surface area contributed by atoms with E-state index in [1.807, 2.05) is 12.1 Å². The van der Waals surface area contributed by atoms with Crippen LogP contribution in [0, 0.1) is 11.3 Å². The second kappa shape index (κ2) is 6.84. The van der Waals surface area contributed by atoms with Gasteiger partial charge in [-0.25, -0.2) is 0 Å². The van der Waals surface area contributed by atoms with Crippen LogP contribution < -0.4 is 15.8 Å². The highest BCUT2D eigenvalue weighted by Gasteiger charge is 2.35. The zero-order chi connectivity index (χ0) is 17.7. The molecule has 0 radical (unpaired) electrons. The van der Waals surface area contributed by atoms with Gasteiger partial charge in [0.15, 0.2) is 5.41 Å². The van der Waals surface area contributed by atoms with Crippen molar-refractivity contribution in [2.45, 2.75) is 12.3 Å². The van der Waals surface area contributed by atoms with Crippen LogP contribution in [0.15, 0.2) is 48.5 Å². The molecule has 0 unspecified atom stereocenters. The van der Waals surface area contributed by atoms with Crippen molar-refractivity contribution in [2.24, 2.45) is 5.73 Å². The van der Waals surface area contributed by atoms with E-state index in [4.69, 9.17) is 10.5 Å². The van der Waals surface area contributed by atoms with Gasteiger partial charge in [0, 0.05) is 5.69 Å². The van der Waals surface area contributed by atoms with Gasteiger partial charge in [-0.3, -0.25) is 9.59 Å². The predicted octanol–water partition coefficient (Wildman–Crippen LogP) is 2.21. The lowest BCUT2D eigenvalue weighted by atomic mass is 9.83. The monoisotopic (exact) mass is 323 g/mol. The maximum absolute atomic E-state index is 12.6. The molecule has 2 amide bonds. The number of methoxy groups -OCH3 is 1. The summed E-state index contributed by atoms with van der Waals surface area (Å²) in [5.41, 5.74) is 5.02. The maximum Gasteiger partial charge on any atom is 0.252 e. The summed E-state index contributed by atoms with van der Waals surface area (Å²) in [4.78, 5) is 24.1. The van der Waals surface area contributed by atoms with E-state index in [1.54, 1.807) is 30.3 Å². The summed E-state index contributed by atoms with van der Waals surface area (Å²) in [5.74, 6) is -0.863. The van der Waals surface area contributed by atoms with E-state index in [0.29, 0.717) is 17.0 Å². The van der Waals surface area contributed by atoms with Crippen LogP contribution in [0.2, 0.25) is 0 Å². The highest BCUT2D eigenvalue weighted by Crippen LogP contribution is 2.27. The molecule has 1 atom stereocenters. The van der Waals surface area contributed by atoms with E-state index >= 15 is 0 Å². The molecule has 0 aliphatic rings. The molecule has 2 rings (SSSR count). The summed E-state index contributed by atoms with van der Waals surface area (Å²) in [6.07, 6.45) is 0. The van der Waals surface area contributed by atoms with Crippen molar-refractivity contribution in [1.29, 1.82) is 5.26 Å². The van der Waals surface area contributed by atoms with Gasteiger partial charge in [0.1, 0.15) is 5.75 Å². The molecule has 122 valence electrons. The third kappa shape index (κ3) is 3.20. The summed E-state index contributed by atoms with van der Waals surface area (Å²) in [6.45, 7) is 1.54. The van der Waals surface area contributed by atoms with Crippen LogP contribution in [0.25, 0.3) is 0 Å². The highest BCUT2D eigenvalue weighted by atomic mass is 16.5. The lowest BCUT2D eigenvalue weighted by Crippen LogP contribution is -2.36. The molecule has 6 nitrogen and oxygen atoms in total. The van der Waals surface area contributed by atoms with Gasteiger partial charge >= 0.3 is 0 Å². The van der Waals surface area contributed by atoms with Gasteiger partial charge < -0.3 is 15.8 Å². The van der Waals surface area contributed by atoms with Crippen molar-refractivity contribution < 1.29 is 14.3 Å². The molecule has 0 aliphatic heterocycles. The lowest BCUT2D eigenvalue weighted by Gasteiger charge is -2.21. The zero-order valence-corrected chi connectivity index (χ0v) is 13.4. The fourth-order valence-corrected chi connectivity index (χ4v) is 2.25. The fourth-order valence-electron chi connectivity index (χ4n) is 2.25. The first-order chi connectivity index (χ1) is 11.4. The van der Waals surface area contributed by atoms with Crippen LogP contribution in [-0.2, 0) is 10.2 Å². The summed E-state index contributed by atoms with van der Waals surface area (Å²) >= 11 is 0. The number of benzene rings is 2. The molecule has 2 aromatic carbocycles. The molecule has 0 spiro atoms. The Morgan fingerprint density at radius 1 is 1.21 bits per heavy atom. The van der Waals surface area contributed by atoms with Crippen molar-refractivity contribution in [3.05, 3.63) is 59.7 Å². The van der Waals surface area contributed by atoms with Gasteiger partial charge in [-0.15, -0.1) is 0 Å². The number of ether oxygens (including phenoxy) is 1. The molecule has 3 N–H and O–H groups in total. The van der Waals surface area contributed by atoms with E-state index in [-0.39, 0.29) is 5.56 Å². The van der Waals surface area contributed by atoms with Gasteiger partial charge in [-0.1, -0.05) is 30.3 Å². The van der Waals surface area contributed by atoms with Crippen LogP contribution in [0.4, 0.5) is 5.69 Å². The Bertz CT molecular complexity index is 812. The van der Waals surface area contributed by atoms with E-state index in [1.165, 1.54) is 26.2 Å². The molecule has 0 fully saturated rings. The van der Waals surface area contributed by atoms with Gasteiger partial charge in [-0.2, -0.15) is 5.26 Å². The Labute approximate surface area is 139 Å². The maximum atomic E-state index is 12.6. The first-order valence-electron chi connectivity index (χ1n) is 7.18. The van der Waals surface area contributed by atoms with Gasteiger partial charge in [0.25, 0.3) is 5.91 Å². The van der Waals surface area contributed by atoms with Gasteiger partial charge in [0.2, 0.25) is 5.91 Å². The summed E-state index contributed by atoms with van der Waals surface area (Å²) in [5, 5.41) is 12.2. The average molecular weight is 323 g/mol. The Kier molecular flexibility index (Phi) is 4.85. The van der Waals surface area contributed by atoms with Gasteiger partial charge in [-0.05, 0) is 30.7 Å². The molecule has 0 saturated carbocycles. The fraction of sp³-hybridized carbons (Fsp3) is 0.167. The Hall–Kier alpha value is -3.33. The molecule has 0 aliphatic carbocycles. The topological polar surface area (TPSA) is 105 Å². The minimum Gasteiger partial charge on any atom is -0.496 e. The van der Waals surface area contributed by atoms with E-state index < -0.39 is 17.2 Å². The molecule has 0 aromatic heterocycles. The molecule has 2 aromatic rings. The quantitative estimate of drug-likeness (QED) is 0.880. The molecule has 0 bridgehead atoms. The number of nitrogens with two attached hydrogens (primary N) is 1. The number of nitrogens with one attached hydrogen (secondary N) is 1. The van der Waals surface area contributed by atoms with E-state index in [0.717, 1.165) is 0 Å². The lowest BCUT2D eigenvalue weighted by molar-refractivity contribution is -0.119. The first kappa shape index (κ1) is 17.0. The van der Waals surface area contributed by atoms with Crippen LogP contribution in [0.1, 0.15) is 22.8 Å². The number of hydrogen-bond donors (Lipinski definition) is 2. The number of nitriles is 1. The molecule has 0 saturated heterocycles. The van der Waals surface area contributed by atoms with Crippen LogP contribution in [0.5, 0.6) is 5.75 Å². The highest BCUT2D eigenvalue weighted by molar-refractivity contribution is 6.03. The second-order valence-electron chi connectivity index (χ2n) is 5.34. The summed E-state index contributed by atoms with van der Waals surface area (Å²) in [6, 6.07) is 15.3. The molecule has 6 heteroatoms. The van der Waals surface area contributed by atoms with Crippen LogP contribution in [-0.4, -0.2) is 18.9 Å². The van der Waals surface area contributed by atoms with Crippen LogP contribution >= 0.6 is 0 Å². The van der Waals surface area contributed by atoms with Crippen molar-refractivity contribution >= 4 is 17.5 Å². The van der Waals surface area contributed by atoms with Crippen LogP contribution in [0.3, 0.4) is 0 Å². The Morgan fingerprint density at radius 2 is 1.88 bits per heavy atom. The number of amides is 2. The largest absolute Gasteiger partial charge is 0.496 e. The third-order valence-electron chi connectivity index (χ3n) is 3.75. The Balaban J connectivity index is 2.34. The van der Waals surface area contributed by atoms with E-state index in [2.05, 4.69) is 5.32 Å². The van der Waals surface area contributed by atoms with Crippen molar-refractivity contribution in [3.8, 4) is 11.8 Å². The number of carbonyl (C=O) groups is 2. The average Bonchev–Trinajstić information content (AvgIpc) is 2.61. The normalized spacial score (nSPS) is 12.5. The number of carbonyl (C=O) groups excluding carboxylic acids is 2. The Morgan fingerprint density at radius 3 is 2.42 bits per heavy atom. The number of anilines is 1. The molecular weight excluding hydrogens is 306 g/mol. The van der Waals surface area contributed by atoms with E-state index in [9.17, 15) is 14.9 Å². The standard InChI is InChI=1S/C18H17N3O3/c1-18(11-19,12-6-4-3-5-7-12)17(23)21-13-8-9-15(24-2)14(10-13)16(20)22/h3-10H,1-2H3,(H2,20,22)(H,21,23)/t18-/m0/s1. The minimum atomic E-state index is -1.37. The number of rotatable bonds is 5. The number of primary amides is 1. The second-order valence-corrected chi connectivity index (χ2v) is 5.34. The van der Waals surface area contributed by atoms with Crippen molar-refractivity contribution in [2.75, 3.05) is 12.4 Å². The molecule has 0 heterocycles. The number of hydrogen-bond acceptors (Lipinski definition) is 4. The molecular formula is C18H17N3O3.